The zero-order valence-corrected chi connectivity index (χ0v) is 14.2. The molecule has 154 valence electrons. The van der Waals surface area contributed by atoms with E-state index in [4.69, 9.17) is 14.2 Å². The number of carboxylic acid groups (broad SMARTS) is 1. The molecule has 2 heterocycles. The number of aliphatic carboxylic acids is 1. The van der Waals surface area contributed by atoms with Crippen LogP contribution in [-0.4, -0.2) is 98.0 Å². The van der Waals surface area contributed by atoms with Gasteiger partial charge in [0, 0.05) is 18.4 Å². The normalized spacial score (nSPS) is 47.1. The second kappa shape index (κ2) is 7.97. The lowest BCUT2D eigenvalue weighted by Gasteiger charge is -2.43. The predicted molar refractivity (Wildman–Crippen MR) is 83.6 cm³/mol. The molecule has 1 aliphatic carbocycles. The van der Waals surface area contributed by atoms with Gasteiger partial charge in [-0.15, -0.1) is 0 Å². The van der Waals surface area contributed by atoms with Crippen LogP contribution in [0.15, 0.2) is 11.8 Å². The van der Waals surface area contributed by atoms with Crippen LogP contribution in [0.5, 0.6) is 0 Å². The molecule has 1 saturated carbocycles. The van der Waals surface area contributed by atoms with Gasteiger partial charge in [0.25, 0.3) is 0 Å². The Hall–Kier alpha value is -1.31. The number of fused-ring (bicyclic) bond motifs is 1. The molecule has 0 aromatic carbocycles. The summed E-state index contributed by atoms with van der Waals surface area (Å²) in [7, 11) is 0. The minimum absolute atomic E-state index is 0.133. The molecule has 27 heavy (non-hydrogen) atoms. The molecular formula is C16H24O11. The summed E-state index contributed by atoms with van der Waals surface area (Å²) in [5.74, 6) is -3.39. The maximum Gasteiger partial charge on any atom is 0.335 e. The first-order valence-electron chi connectivity index (χ1n) is 8.63. The van der Waals surface area contributed by atoms with Crippen LogP contribution in [0.1, 0.15) is 6.42 Å². The van der Waals surface area contributed by atoms with E-state index in [0.29, 0.717) is 0 Å². The fourth-order valence-electron chi connectivity index (χ4n) is 4.10. The summed E-state index contributed by atoms with van der Waals surface area (Å²) in [5, 5.41) is 68.2. The molecule has 0 amide bonds. The number of hydrogen-bond donors (Lipinski definition) is 7. The van der Waals surface area contributed by atoms with Gasteiger partial charge in [0.2, 0.25) is 6.29 Å². The molecule has 1 saturated heterocycles. The molecule has 0 aromatic rings. The van der Waals surface area contributed by atoms with Crippen LogP contribution >= 0.6 is 0 Å². The van der Waals surface area contributed by atoms with Crippen molar-refractivity contribution in [2.75, 3.05) is 13.2 Å². The Kier molecular flexibility index (Phi) is 6.03. The molecule has 11 heteroatoms. The van der Waals surface area contributed by atoms with Gasteiger partial charge in [-0.25, -0.2) is 4.79 Å². The molecule has 3 rings (SSSR count). The highest BCUT2D eigenvalue weighted by Gasteiger charge is 2.54. The molecule has 2 fully saturated rings. The predicted octanol–water partition coefficient (Wildman–Crippen LogP) is -3.27. The number of rotatable bonds is 5. The fourth-order valence-corrected chi connectivity index (χ4v) is 4.10. The fraction of sp³-hybridized carbons (Fsp3) is 0.812. The lowest BCUT2D eigenvalue weighted by atomic mass is 9.82. The SMILES string of the molecule is O=C(O)C1=CO[C@@H](O[C@@H]2O[C@H](CO)[C@@H](O)[C@H](O)[C@H]2O)[C@@H]2[C@@H](CO)C[C@@H](O)[C@H]12. The van der Waals surface area contributed by atoms with E-state index in [0.717, 1.165) is 6.26 Å². The average Bonchev–Trinajstić information content (AvgIpc) is 2.99. The molecule has 2 aliphatic heterocycles. The number of carbonyl (C=O) groups is 1. The van der Waals surface area contributed by atoms with Gasteiger partial charge in [-0.2, -0.15) is 0 Å². The summed E-state index contributed by atoms with van der Waals surface area (Å²) in [6.45, 7) is -0.980. The Bertz CT molecular complexity index is 579. The van der Waals surface area contributed by atoms with Crippen LogP contribution in [0, 0.1) is 17.8 Å². The third-order valence-electron chi connectivity index (χ3n) is 5.52. The van der Waals surface area contributed by atoms with Crippen molar-refractivity contribution in [2.45, 2.75) is 49.5 Å². The number of ether oxygens (including phenoxy) is 3. The third kappa shape index (κ3) is 3.57. The van der Waals surface area contributed by atoms with Crippen molar-refractivity contribution < 1.29 is 54.8 Å². The van der Waals surface area contributed by atoms with Crippen LogP contribution < -0.4 is 0 Å². The highest BCUT2D eigenvalue weighted by molar-refractivity contribution is 5.87. The van der Waals surface area contributed by atoms with Crippen molar-refractivity contribution in [1.29, 1.82) is 0 Å². The van der Waals surface area contributed by atoms with Crippen LogP contribution in [0.4, 0.5) is 0 Å². The molecule has 11 nitrogen and oxygen atoms in total. The lowest BCUT2D eigenvalue weighted by Crippen LogP contribution is -2.60. The molecule has 7 N–H and O–H groups in total. The molecule has 3 aliphatic rings. The Balaban J connectivity index is 1.82. The Morgan fingerprint density at radius 3 is 2.37 bits per heavy atom. The monoisotopic (exact) mass is 392 g/mol. The molecular weight excluding hydrogens is 368 g/mol. The molecule has 10 atom stereocenters. The van der Waals surface area contributed by atoms with E-state index in [2.05, 4.69) is 0 Å². The van der Waals surface area contributed by atoms with Gasteiger partial charge in [-0.1, -0.05) is 0 Å². The van der Waals surface area contributed by atoms with Crippen molar-refractivity contribution in [3.05, 3.63) is 11.8 Å². The van der Waals surface area contributed by atoms with Crippen LogP contribution in [0.3, 0.4) is 0 Å². The Labute approximate surface area is 154 Å². The highest BCUT2D eigenvalue weighted by atomic mass is 16.8. The largest absolute Gasteiger partial charge is 0.478 e. The maximum atomic E-state index is 11.4. The quantitative estimate of drug-likeness (QED) is 0.249. The second-order valence-corrected chi connectivity index (χ2v) is 7.07. The zero-order valence-electron chi connectivity index (χ0n) is 14.2. The smallest absolute Gasteiger partial charge is 0.335 e. The van der Waals surface area contributed by atoms with E-state index in [1.807, 2.05) is 0 Å². The minimum Gasteiger partial charge on any atom is -0.478 e. The van der Waals surface area contributed by atoms with E-state index < -0.39 is 73.4 Å². The van der Waals surface area contributed by atoms with Crippen molar-refractivity contribution in [3.8, 4) is 0 Å². The van der Waals surface area contributed by atoms with E-state index >= 15 is 0 Å². The van der Waals surface area contributed by atoms with Gasteiger partial charge >= 0.3 is 5.97 Å². The first-order valence-corrected chi connectivity index (χ1v) is 8.63. The average molecular weight is 392 g/mol. The van der Waals surface area contributed by atoms with Crippen LogP contribution in [-0.2, 0) is 19.0 Å². The summed E-state index contributed by atoms with van der Waals surface area (Å²) in [6.07, 6.45) is -8.66. The first kappa shape index (κ1) is 20.4. The minimum atomic E-state index is -1.66. The molecule has 0 spiro atoms. The lowest BCUT2D eigenvalue weighted by molar-refractivity contribution is -0.343. The number of aliphatic hydroxyl groups excluding tert-OH is 6. The number of hydrogen-bond acceptors (Lipinski definition) is 10. The van der Waals surface area contributed by atoms with Gasteiger partial charge in [0.15, 0.2) is 6.29 Å². The second-order valence-electron chi connectivity index (χ2n) is 7.07. The summed E-state index contributed by atoms with van der Waals surface area (Å²) in [4.78, 5) is 11.4. The van der Waals surface area contributed by atoms with Gasteiger partial charge in [-0.05, 0) is 12.3 Å². The Morgan fingerprint density at radius 1 is 1.07 bits per heavy atom. The molecule has 0 unspecified atom stereocenters. The summed E-state index contributed by atoms with van der Waals surface area (Å²) in [5.41, 5.74) is -0.155. The van der Waals surface area contributed by atoms with Crippen molar-refractivity contribution in [3.63, 3.8) is 0 Å². The van der Waals surface area contributed by atoms with Gasteiger partial charge < -0.3 is 50.0 Å². The van der Waals surface area contributed by atoms with Crippen LogP contribution in [0.25, 0.3) is 0 Å². The van der Waals surface area contributed by atoms with Crippen molar-refractivity contribution >= 4 is 5.97 Å². The van der Waals surface area contributed by atoms with Crippen molar-refractivity contribution in [2.24, 2.45) is 17.8 Å². The summed E-state index contributed by atoms with van der Waals surface area (Å²) < 4.78 is 16.2. The molecule has 0 radical (unpaired) electrons. The maximum absolute atomic E-state index is 11.4. The summed E-state index contributed by atoms with van der Waals surface area (Å²) in [6, 6.07) is 0. The van der Waals surface area contributed by atoms with Gasteiger partial charge in [-0.3, -0.25) is 0 Å². The Morgan fingerprint density at radius 2 is 1.78 bits per heavy atom. The number of carboxylic acids is 1. The third-order valence-corrected chi connectivity index (χ3v) is 5.52. The standard InChI is InChI=1S/C16H24O11/c17-2-5-1-7(19)10-6(14(23)24)4-25-15(9(5)10)27-16-13(22)12(21)11(20)8(3-18)26-16/h4-5,7-13,15-22H,1-3H2,(H,23,24)/t5-,7-,8-,9-,10+,11-,12+,13-,15+,16+/m1/s1. The van der Waals surface area contributed by atoms with E-state index in [-0.39, 0.29) is 18.6 Å². The zero-order chi connectivity index (χ0) is 19.9. The van der Waals surface area contributed by atoms with E-state index in [1.54, 1.807) is 0 Å². The van der Waals surface area contributed by atoms with Gasteiger partial charge in [0.05, 0.1) is 24.5 Å². The molecule has 0 bridgehead atoms. The van der Waals surface area contributed by atoms with Crippen LogP contribution in [0.2, 0.25) is 0 Å². The topological polar surface area (TPSA) is 186 Å². The van der Waals surface area contributed by atoms with E-state index in [1.165, 1.54) is 0 Å². The molecule has 0 aromatic heterocycles. The summed E-state index contributed by atoms with van der Waals surface area (Å²) >= 11 is 0. The van der Waals surface area contributed by atoms with Gasteiger partial charge in [0.1, 0.15) is 24.4 Å². The van der Waals surface area contributed by atoms with Crippen molar-refractivity contribution in [1.82, 2.24) is 0 Å². The first-order chi connectivity index (χ1) is 12.8. The number of aliphatic hydroxyl groups is 6. The van der Waals surface area contributed by atoms with E-state index in [9.17, 15) is 40.5 Å². The highest BCUT2D eigenvalue weighted by Crippen LogP contribution is 2.47.